The molecule has 4 saturated heterocycles. The molecule has 0 aromatic rings. The monoisotopic (exact) mass is 666 g/mol. The lowest BCUT2D eigenvalue weighted by atomic mass is 9.96. The van der Waals surface area contributed by atoms with Gasteiger partial charge < -0.3 is 105 Å². The topological polar surface area (TPSA) is 348 Å². The van der Waals surface area contributed by atoms with Gasteiger partial charge in [0.25, 0.3) is 0 Å². The molecule has 0 bridgehead atoms. The average molecular weight is 667 g/mol. The Morgan fingerprint density at radius 2 is 0.711 bits per heavy atom. The van der Waals surface area contributed by atoms with Crippen LogP contribution in [-0.2, 0) is 33.2 Å². The summed E-state index contributed by atoms with van der Waals surface area (Å²) < 4.78 is 37.6. The van der Waals surface area contributed by atoms with Gasteiger partial charge in [-0.3, -0.25) is 0 Å². The molecule has 0 amide bonds. The van der Waals surface area contributed by atoms with Crippen molar-refractivity contribution in [3.63, 3.8) is 0 Å². The Morgan fingerprint density at radius 3 is 1.20 bits per heavy atom. The second-order valence-corrected chi connectivity index (χ2v) is 11.2. The van der Waals surface area contributed by atoms with E-state index >= 15 is 0 Å². The first kappa shape index (κ1) is 37.0. The van der Waals surface area contributed by atoms with Crippen molar-refractivity contribution in [2.45, 2.75) is 123 Å². The number of hydrogen-bond acceptors (Lipinski definition) is 21. The molecule has 0 aromatic heterocycles. The van der Waals surface area contributed by atoms with Crippen molar-refractivity contribution in [2.75, 3.05) is 26.4 Å². The molecular weight excluding hydrogens is 624 g/mol. The van der Waals surface area contributed by atoms with Gasteiger partial charge in [0.1, 0.15) is 97.7 Å². The van der Waals surface area contributed by atoms with Crippen LogP contribution in [-0.4, -0.2) is 221 Å². The average Bonchev–Trinajstić information content (AvgIpc) is 3.03. The molecule has 0 unspecified atom stereocenters. The van der Waals surface area contributed by atoms with Gasteiger partial charge in [-0.2, -0.15) is 0 Å². The molecule has 264 valence electrons. The lowest BCUT2D eigenvalue weighted by Crippen LogP contribution is -2.66. The van der Waals surface area contributed by atoms with Gasteiger partial charge in [0, 0.05) is 0 Å². The van der Waals surface area contributed by atoms with Crippen molar-refractivity contribution in [3.05, 3.63) is 0 Å². The zero-order valence-corrected chi connectivity index (χ0v) is 23.5. The minimum Gasteiger partial charge on any atom is -0.394 e. The molecule has 0 saturated carbocycles. The molecule has 0 aromatic carbocycles. The van der Waals surface area contributed by atoms with E-state index in [9.17, 15) is 71.5 Å². The van der Waals surface area contributed by atoms with E-state index in [4.69, 9.17) is 33.2 Å². The number of rotatable bonds is 10. The molecule has 4 fully saturated rings. The van der Waals surface area contributed by atoms with Crippen LogP contribution >= 0.6 is 0 Å². The Kier molecular flexibility index (Phi) is 12.8. The number of aliphatic hydroxyl groups is 14. The van der Waals surface area contributed by atoms with Crippen LogP contribution in [0.2, 0.25) is 0 Å². The fourth-order valence-electron chi connectivity index (χ4n) is 5.36. The van der Waals surface area contributed by atoms with Crippen molar-refractivity contribution in [2.24, 2.45) is 0 Å². The molecule has 20 atom stereocenters. The van der Waals surface area contributed by atoms with Crippen LogP contribution in [0, 0.1) is 0 Å². The van der Waals surface area contributed by atoms with Crippen LogP contribution < -0.4 is 0 Å². The van der Waals surface area contributed by atoms with E-state index < -0.39 is 149 Å². The molecule has 4 aliphatic heterocycles. The SMILES string of the molecule is OC[C@H]1O[C@H](OC[C@H]2O[C@@H](O[C@H]3[C@H](O)[C@@H](O)[C@@H](O[C@H]4O[C@H](CO)[C@@H](O)[C@H](O)[C@H]4O)O[C@@H]3CO)[C@H](O)[C@@H](O)[C@@H]2O)[C@H](O)[C@@H](O)[C@@H]1O. The molecule has 0 aliphatic carbocycles. The minimum absolute atomic E-state index is 0.682. The maximum absolute atomic E-state index is 10.8. The van der Waals surface area contributed by atoms with Crippen molar-refractivity contribution in [1.82, 2.24) is 0 Å². The highest BCUT2D eigenvalue weighted by Gasteiger charge is 2.53. The third-order valence-electron chi connectivity index (χ3n) is 8.17. The number of hydrogen-bond donors (Lipinski definition) is 14. The third-order valence-corrected chi connectivity index (χ3v) is 8.17. The largest absolute Gasteiger partial charge is 0.394 e. The van der Waals surface area contributed by atoms with E-state index in [-0.39, 0.29) is 0 Å². The van der Waals surface area contributed by atoms with E-state index in [1.807, 2.05) is 0 Å². The quantitative estimate of drug-likeness (QED) is 0.103. The van der Waals surface area contributed by atoms with Crippen LogP contribution in [0.3, 0.4) is 0 Å². The van der Waals surface area contributed by atoms with Gasteiger partial charge in [0.2, 0.25) is 0 Å². The molecule has 4 aliphatic rings. The van der Waals surface area contributed by atoms with E-state index in [0.717, 1.165) is 0 Å². The second kappa shape index (κ2) is 15.6. The van der Waals surface area contributed by atoms with Gasteiger partial charge in [-0.15, -0.1) is 0 Å². The Balaban J connectivity index is 1.40. The number of ether oxygens (including phenoxy) is 7. The molecule has 0 radical (unpaired) electrons. The van der Waals surface area contributed by atoms with Gasteiger partial charge >= 0.3 is 0 Å². The second-order valence-electron chi connectivity index (χ2n) is 11.2. The normalized spacial score (nSPS) is 52.9. The van der Waals surface area contributed by atoms with Crippen LogP contribution in [0.4, 0.5) is 0 Å². The summed E-state index contributed by atoms with van der Waals surface area (Å²) in [7, 11) is 0. The molecule has 4 rings (SSSR count). The first-order valence-electron chi connectivity index (χ1n) is 14.1. The Morgan fingerprint density at radius 1 is 0.356 bits per heavy atom. The van der Waals surface area contributed by atoms with Crippen molar-refractivity contribution < 1.29 is 105 Å². The fraction of sp³-hybridized carbons (Fsp3) is 1.00. The minimum atomic E-state index is -2.01. The van der Waals surface area contributed by atoms with Gasteiger partial charge in [0.15, 0.2) is 25.2 Å². The lowest BCUT2D eigenvalue weighted by molar-refractivity contribution is -0.393. The van der Waals surface area contributed by atoms with Gasteiger partial charge in [0.05, 0.1) is 26.4 Å². The number of aliphatic hydroxyl groups excluding tert-OH is 14. The maximum atomic E-state index is 10.8. The molecule has 45 heavy (non-hydrogen) atoms. The van der Waals surface area contributed by atoms with Crippen molar-refractivity contribution in [3.8, 4) is 0 Å². The summed E-state index contributed by atoms with van der Waals surface area (Å²) in [5, 5.41) is 142. The molecule has 14 N–H and O–H groups in total. The fourth-order valence-corrected chi connectivity index (χ4v) is 5.36. The highest BCUT2D eigenvalue weighted by atomic mass is 16.8. The standard InChI is InChI=1S/C24H42O21/c25-1-5-9(28)12(31)16(35)21(40-5)39-4-8-11(30)14(33)17(36)22(43-8)44-20-7(3-27)42-24(19(38)15(20)34)45-23-18(37)13(32)10(29)6(2-26)41-23/h5-38H,1-4H2/t5-,6-,7-,8-,9-,10-,11-,12+,13+,14+,15-,16-,17-,18-,19-,20-,21+,22+,23-,24-/m1/s1. The molecular formula is C24H42O21. The van der Waals surface area contributed by atoms with Crippen LogP contribution in [0.15, 0.2) is 0 Å². The molecule has 4 heterocycles. The van der Waals surface area contributed by atoms with Crippen molar-refractivity contribution >= 4 is 0 Å². The summed E-state index contributed by atoms with van der Waals surface area (Å²) in [5.74, 6) is 0. The molecule has 21 nitrogen and oxygen atoms in total. The Hall–Kier alpha value is -0.840. The highest BCUT2D eigenvalue weighted by molar-refractivity contribution is 4.96. The summed E-state index contributed by atoms with van der Waals surface area (Å²) in [4.78, 5) is 0. The summed E-state index contributed by atoms with van der Waals surface area (Å²) in [6.07, 6.45) is -35.0. The zero-order chi connectivity index (χ0) is 33.3. The zero-order valence-electron chi connectivity index (χ0n) is 23.5. The van der Waals surface area contributed by atoms with E-state index in [2.05, 4.69) is 0 Å². The van der Waals surface area contributed by atoms with Gasteiger partial charge in [-0.25, -0.2) is 0 Å². The Bertz CT molecular complexity index is 912. The van der Waals surface area contributed by atoms with E-state index in [1.165, 1.54) is 0 Å². The van der Waals surface area contributed by atoms with Gasteiger partial charge in [-0.1, -0.05) is 0 Å². The van der Waals surface area contributed by atoms with E-state index in [1.54, 1.807) is 0 Å². The third kappa shape index (κ3) is 7.59. The summed E-state index contributed by atoms with van der Waals surface area (Å²) in [6.45, 7) is -3.11. The predicted octanol–water partition coefficient (Wildman–Crippen LogP) is -9.75. The predicted molar refractivity (Wildman–Crippen MR) is 134 cm³/mol. The first-order valence-corrected chi connectivity index (χ1v) is 14.1. The lowest BCUT2D eigenvalue weighted by Gasteiger charge is -2.47. The summed E-state index contributed by atoms with van der Waals surface area (Å²) >= 11 is 0. The van der Waals surface area contributed by atoms with E-state index in [0.29, 0.717) is 0 Å². The van der Waals surface area contributed by atoms with Gasteiger partial charge in [-0.05, 0) is 0 Å². The Labute approximate surface area is 254 Å². The summed E-state index contributed by atoms with van der Waals surface area (Å²) in [6, 6.07) is 0. The van der Waals surface area contributed by atoms with Crippen molar-refractivity contribution in [1.29, 1.82) is 0 Å². The van der Waals surface area contributed by atoms with Crippen LogP contribution in [0.25, 0.3) is 0 Å². The highest BCUT2D eigenvalue weighted by Crippen LogP contribution is 2.32. The summed E-state index contributed by atoms with van der Waals surface area (Å²) in [5.41, 5.74) is 0. The first-order chi connectivity index (χ1) is 21.2. The molecule has 0 spiro atoms. The van der Waals surface area contributed by atoms with Crippen LogP contribution in [0.1, 0.15) is 0 Å². The maximum Gasteiger partial charge on any atom is 0.189 e. The smallest absolute Gasteiger partial charge is 0.189 e. The molecule has 21 heteroatoms. The van der Waals surface area contributed by atoms with Crippen LogP contribution in [0.5, 0.6) is 0 Å².